The molecule has 0 amide bonds. The molecule has 0 bridgehead atoms. The molecule has 4 nitrogen and oxygen atoms in total. The Balaban J connectivity index is 1.76. The normalized spacial score (nSPS) is 11.7. The zero-order valence-electron chi connectivity index (χ0n) is 15.3. The Hall–Kier alpha value is -2.77. The molecule has 0 radical (unpaired) electrons. The van der Waals surface area contributed by atoms with Gasteiger partial charge in [-0.2, -0.15) is 5.10 Å². The Kier molecular flexibility index (Phi) is 4.64. The SMILES string of the molecule is Cc1ccc(F)cc1-n1nccc1-c1ccc(-c2cccc(S(C)(=O)=O)c2)s1. The summed E-state index contributed by atoms with van der Waals surface area (Å²) in [5.74, 6) is -0.313. The van der Waals surface area contributed by atoms with Gasteiger partial charge in [-0.1, -0.05) is 18.2 Å². The molecular formula is C21H17FN2O2S2. The zero-order valence-corrected chi connectivity index (χ0v) is 16.9. The Morgan fingerprint density at radius 3 is 2.57 bits per heavy atom. The van der Waals surface area contributed by atoms with Crippen molar-refractivity contribution in [3.63, 3.8) is 0 Å². The Bertz CT molecular complexity index is 1270. The highest BCUT2D eigenvalue weighted by atomic mass is 32.2. The van der Waals surface area contributed by atoms with E-state index < -0.39 is 9.84 Å². The summed E-state index contributed by atoms with van der Waals surface area (Å²) in [6.07, 6.45) is 2.88. The number of hydrogen-bond donors (Lipinski definition) is 0. The lowest BCUT2D eigenvalue weighted by atomic mass is 10.2. The van der Waals surface area contributed by atoms with E-state index in [2.05, 4.69) is 5.10 Å². The third-order valence-electron chi connectivity index (χ3n) is 4.45. The van der Waals surface area contributed by atoms with Crippen molar-refractivity contribution in [3.8, 4) is 26.7 Å². The third-order valence-corrected chi connectivity index (χ3v) is 6.71. The summed E-state index contributed by atoms with van der Waals surface area (Å²) in [6, 6.07) is 17.3. The summed E-state index contributed by atoms with van der Waals surface area (Å²) in [4.78, 5) is 2.20. The van der Waals surface area contributed by atoms with E-state index in [0.29, 0.717) is 10.6 Å². The minimum atomic E-state index is -3.27. The van der Waals surface area contributed by atoms with Crippen molar-refractivity contribution in [2.45, 2.75) is 11.8 Å². The van der Waals surface area contributed by atoms with Gasteiger partial charge >= 0.3 is 0 Å². The van der Waals surface area contributed by atoms with E-state index in [-0.39, 0.29) is 5.82 Å². The molecular weight excluding hydrogens is 395 g/mol. The number of nitrogens with zero attached hydrogens (tertiary/aromatic N) is 2. The first kappa shape index (κ1) is 18.6. The molecule has 28 heavy (non-hydrogen) atoms. The van der Waals surface area contributed by atoms with Crippen LogP contribution in [-0.2, 0) is 9.84 Å². The first-order chi connectivity index (χ1) is 13.3. The van der Waals surface area contributed by atoms with Crippen LogP contribution >= 0.6 is 11.3 Å². The lowest BCUT2D eigenvalue weighted by Gasteiger charge is -2.09. The van der Waals surface area contributed by atoms with Crippen LogP contribution in [0, 0.1) is 12.7 Å². The number of aryl methyl sites for hydroxylation is 1. The average molecular weight is 413 g/mol. The second-order valence-electron chi connectivity index (χ2n) is 6.52. The van der Waals surface area contributed by atoms with Crippen LogP contribution < -0.4 is 0 Å². The number of thiophene rings is 1. The average Bonchev–Trinajstić information content (AvgIpc) is 3.32. The maximum absolute atomic E-state index is 13.7. The lowest BCUT2D eigenvalue weighted by molar-refractivity contribution is 0.602. The Morgan fingerprint density at radius 2 is 1.79 bits per heavy atom. The maximum atomic E-state index is 13.7. The summed E-state index contributed by atoms with van der Waals surface area (Å²) in [7, 11) is -3.27. The Labute approximate surface area is 166 Å². The Morgan fingerprint density at radius 1 is 1.00 bits per heavy atom. The van der Waals surface area contributed by atoms with Gasteiger partial charge in [0, 0.05) is 11.1 Å². The molecule has 2 aromatic carbocycles. The van der Waals surface area contributed by atoms with Gasteiger partial charge in [-0.25, -0.2) is 17.5 Å². The van der Waals surface area contributed by atoms with E-state index in [1.165, 1.54) is 29.7 Å². The van der Waals surface area contributed by atoms with E-state index in [0.717, 1.165) is 26.6 Å². The number of halogens is 1. The van der Waals surface area contributed by atoms with Gasteiger partial charge in [0.1, 0.15) is 5.82 Å². The van der Waals surface area contributed by atoms with Gasteiger partial charge < -0.3 is 0 Å². The van der Waals surface area contributed by atoms with Crippen LogP contribution in [0.3, 0.4) is 0 Å². The highest BCUT2D eigenvalue weighted by Crippen LogP contribution is 2.36. The predicted molar refractivity (Wildman–Crippen MR) is 110 cm³/mol. The molecule has 0 saturated carbocycles. The predicted octanol–water partition coefficient (Wildman–Crippen LogP) is 5.12. The molecule has 142 valence electrons. The van der Waals surface area contributed by atoms with Crippen LogP contribution in [-0.4, -0.2) is 24.5 Å². The fourth-order valence-electron chi connectivity index (χ4n) is 3.00. The van der Waals surface area contributed by atoms with E-state index in [9.17, 15) is 12.8 Å². The number of aromatic nitrogens is 2. The van der Waals surface area contributed by atoms with Crippen LogP contribution in [0.2, 0.25) is 0 Å². The van der Waals surface area contributed by atoms with E-state index in [4.69, 9.17) is 0 Å². The summed E-state index contributed by atoms with van der Waals surface area (Å²) in [5, 5.41) is 4.37. The minimum absolute atomic E-state index is 0.292. The number of sulfone groups is 1. The van der Waals surface area contributed by atoms with E-state index in [1.807, 2.05) is 31.2 Å². The maximum Gasteiger partial charge on any atom is 0.175 e. The summed E-state index contributed by atoms with van der Waals surface area (Å²) < 4.78 is 39.1. The monoisotopic (exact) mass is 412 g/mol. The highest BCUT2D eigenvalue weighted by molar-refractivity contribution is 7.90. The second-order valence-corrected chi connectivity index (χ2v) is 9.62. The topological polar surface area (TPSA) is 52.0 Å². The van der Waals surface area contributed by atoms with Gasteiger partial charge in [-0.3, -0.25) is 0 Å². The van der Waals surface area contributed by atoms with Gasteiger partial charge in [-0.05, 0) is 60.5 Å². The molecule has 4 aromatic rings. The first-order valence-corrected chi connectivity index (χ1v) is 11.2. The van der Waals surface area contributed by atoms with Crippen molar-refractivity contribution >= 4 is 21.2 Å². The number of rotatable bonds is 4. The van der Waals surface area contributed by atoms with Gasteiger partial charge in [0.15, 0.2) is 9.84 Å². The van der Waals surface area contributed by atoms with Crippen LogP contribution in [0.1, 0.15) is 5.56 Å². The van der Waals surface area contributed by atoms with Gasteiger partial charge in [0.25, 0.3) is 0 Å². The first-order valence-electron chi connectivity index (χ1n) is 8.54. The van der Waals surface area contributed by atoms with E-state index >= 15 is 0 Å². The molecule has 0 unspecified atom stereocenters. The molecule has 0 saturated heterocycles. The molecule has 0 aliphatic carbocycles. The van der Waals surface area contributed by atoms with Crippen molar-refractivity contribution in [1.82, 2.24) is 9.78 Å². The smallest absolute Gasteiger partial charge is 0.175 e. The molecule has 0 fully saturated rings. The van der Waals surface area contributed by atoms with Crippen LogP contribution in [0.15, 0.2) is 71.8 Å². The van der Waals surface area contributed by atoms with Crippen LogP contribution in [0.25, 0.3) is 26.7 Å². The molecule has 0 aliphatic heterocycles. The second kappa shape index (κ2) is 7.00. The number of benzene rings is 2. The van der Waals surface area contributed by atoms with Crippen LogP contribution in [0.4, 0.5) is 4.39 Å². The molecule has 0 N–H and O–H groups in total. The molecule has 7 heteroatoms. The van der Waals surface area contributed by atoms with Gasteiger partial charge in [0.2, 0.25) is 0 Å². The molecule has 4 rings (SSSR count). The summed E-state index contributed by atoms with van der Waals surface area (Å²) in [6.45, 7) is 1.91. The molecule has 0 atom stereocenters. The van der Waals surface area contributed by atoms with Crippen molar-refractivity contribution < 1.29 is 12.8 Å². The van der Waals surface area contributed by atoms with E-state index in [1.54, 1.807) is 35.1 Å². The van der Waals surface area contributed by atoms with Crippen molar-refractivity contribution in [2.75, 3.05) is 6.26 Å². The summed E-state index contributed by atoms with van der Waals surface area (Å²) >= 11 is 1.53. The van der Waals surface area contributed by atoms with Gasteiger partial charge in [-0.15, -0.1) is 11.3 Å². The summed E-state index contributed by atoms with van der Waals surface area (Å²) in [5.41, 5.74) is 3.30. The fraction of sp³-hybridized carbons (Fsp3) is 0.0952. The molecule has 0 spiro atoms. The number of hydrogen-bond acceptors (Lipinski definition) is 4. The van der Waals surface area contributed by atoms with Gasteiger partial charge in [0.05, 0.1) is 27.4 Å². The molecule has 2 aromatic heterocycles. The van der Waals surface area contributed by atoms with Crippen molar-refractivity contribution in [3.05, 3.63) is 78.2 Å². The molecule has 2 heterocycles. The minimum Gasteiger partial charge on any atom is -0.232 e. The quantitative estimate of drug-likeness (QED) is 0.468. The standard InChI is InChI=1S/C21H17FN2O2S2/c1-14-6-7-16(22)13-19(14)24-18(10-11-23-24)21-9-8-20(27-21)15-4-3-5-17(12-15)28(2,25)26/h3-13H,1-2H3. The fourth-order valence-corrected chi connectivity index (χ4v) is 4.68. The molecule has 0 aliphatic rings. The highest BCUT2D eigenvalue weighted by Gasteiger charge is 2.14. The third kappa shape index (κ3) is 3.50. The lowest BCUT2D eigenvalue weighted by Crippen LogP contribution is -2.01. The van der Waals surface area contributed by atoms with Crippen molar-refractivity contribution in [2.24, 2.45) is 0 Å². The zero-order chi connectivity index (χ0) is 19.9. The largest absolute Gasteiger partial charge is 0.232 e. The van der Waals surface area contributed by atoms with Crippen LogP contribution in [0.5, 0.6) is 0 Å². The van der Waals surface area contributed by atoms with Crippen molar-refractivity contribution in [1.29, 1.82) is 0 Å².